The third kappa shape index (κ3) is 3.24. The van der Waals surface area contributed by atoms with Gasteiger partial charge in [0.05, 0.1) is 6.61 Å². The minimum Gasteiger partial charge on any atom is -0.493 e. The Hall–Kier alpha value is -1.71. The normalized spacial score (nSPS) is 17.5. The summed E-state index contributed by atoms with van der Waals surface area (Å²) in [6.45, 7) is 4.53. The van der Waals surface area contributed by atoms with E-state index in [4.69, 9.17) is 10.5 Å². The number of nitrogens with two attached hydrogens (primary N) is 1. The Morgan fingerprint density at radius 2 is 2.05 bits per heavy atom. The van der Waals surface area contributed by atoms with E-state index in [2.05, 4.69) is 12.2 Å². The van der Waals surface area contributed by atoms with E-state index >= 15 is 0 Å². The van der Waals surface area contributed by atoms with Crippen molar-refractivity contribution >= 4 is 11.6 Å². The van der Waals surface area contributed by atoms with E-state index in [9.17, 15) is 4.79 Å². The molecule has 4 heteroatoms. The Morgan fingerprint density at radius 3 is 2.70 bits per heavy atom. The lowest BCUT2D eigenvalue weighted by molar-refractivity contribution is 0.0880. The predicted octanol–water partition coefficient (Wildman–Crippen LogP) is 3.12. The standard InChI is InChI=1S/C16H24N2O2/c1-3-20-13-9-7-8-12(17)14(13)15(19)18-16(2)10-5-4-6-11-16/h7-9H,3-6,10-11,17H2,1-2H3,(H,18,19). The van der Waals surface area contributed by atoms with Crippen LogP contribution in [-0.4, -0.2) is 18.1 Å². The molecule has 1 aliphatic carbocycles. The first-order chi connectivity index (χ1) is 9.56. The van der Waals surface area contributed by atoms with Gasteiger partial charge in [-0.25, -0.2) is 0 Å². The van der Waals surface area contributed by atoms with Crippen molar-refractivity contribution in [2.75, 3.05) is 12.3 Å². The van der Waals surface area contributed by atoms with Gasteiger partial charge in [-0.1, -0.05) is 25.3 Å². The van der Waals surface area contributed by atoms with Gasteiger partial charge in [-0.2, -0.15) is 0 Å². The number of carbonyl (C=O) groups excluding carboxylic acids is 1. The molecule has 4 nitrogen and oxygen atoms in total. The molecule has 0 atom stereocenters. The van der Waals surface area contributed by atoms with E-state index in [-0.39, 0.29) is 11.4 Å². The topological polar surface area (TPSA) is 64.3 Å². The lowest BCUT2D eigenvalue weighted by atomic mass is 9.83. The number of ether oxygens (including phenoxy) is 1. The highest BCUT2D eigenvalue weighted by Crippen LogP contribution is 2.30. The minimum atomic E-state index is -0.129. The largest absolute Gasteiger partial charge is 0.493 e. The first-order valence-electron chi connectivity index (χ1n) is 7.39. The molecule has 2 rings (SSSR count). The molecule has 0 radical (unpaired) electrons. The van der Waals surface area contributed by atoms with Crippen molar-refractivity contribution < 1.29 is 9.53 Å². The maximum Gasteiger partial charge on any atom is 0.257 e. The van der Waals surface area contributed by atoms with Gasteiger partial charge in [0.15, 0.2) is 0 Å². The van der Waals surface area contributed by atoms with Gasteiger partial charge in [-0.3, -0.25) is 4.79 Å². The molecule has 1 fully saturated rings. The summed E-state index contributed by atoms with van der Waals surface area (Å²) in [6, 6.07) is 5.33. The van der Waals surface area contributed by atoms with E-state index in [1.165, 1.54) is 19.3 Å². The molecule has 1 amide bonds. The highest BCUT2D eigenvalue weighted by molar-refractivity contribution is 6.02. The maximum absolute atomic E-state index is 12.6. The second kappa shape index (κ2) is 6.16. The van der Waals surface area contributed by atoms with Crippen LogP contribution in [0.25, 0.3) is 0 Å². The van der Waals surface area contributed by atoms with Crippen LogP contribution in [0.3, 0.4) is 0 Å². The van der Waals surface area contributed by atoms with E-state index in [0.717, 1.165) is 12.8 Å². The van der Waals surface area contributed by atoms with Crippen LogP contribution in [0, 0.1) is 0 Å². The third-order valence-electron chi connectivity index (χ3n) is 3.96. The van der Waals surface area contributed by atoms with Gasteiger partial charge in [-0.05, 0) is 38.8 Å². The molecule has 20 heavy (non-hydrogen) atoms. The van der Waals surface area contributed by atoms with Crippen LogP contribution in [-0.2, 0) is 0 Å². The number of hydrogen-bond acceptors (Lipinski definition) is 3. The summed E-state index contributed by atoms with van der Waals surface area (Å²) in [4.78, 5) is 12.6. The van der Waals surface area contributed by atoms with E-state index in [1.54, 1.807) is 18.2 Å². The Bertz CT molecular complexity index is 479. The van der Waals surface area contributed by atoms with Crippen molar-refractivity contribution in [2.24, 2.45) is 0 Å². The van der Waals surface area contributed by atoms with Crippen LogP contribution >= 0.6 is 0 Å². The first-order valence-corrected chi connectivity index (χ1v) is 7.39. The van der Waals surface area contributed by atoms with Gasteiger partial charge < -0.3 is 15.8 Å². The lowest BCUT2D eigenvalue weighted by Crippen LogP contribution is -2.47. The van der Waals surface area contributed by atoms with Crippen molar-refractivity contribution in [1.82, 2.24) is 5.32 Å². The summed E-state index contributed by atoms with van der Waals surface area (Å²) in [7, 11) is 0. The second-order valence-corrected chi connectivity index (χ2v) is 5.73. The van der Waals surface area contributed by atoms with E-state index in [0.29, 0.717) is 23.6 Å². The molecule has 110 valence electrons. The Morgan fingerprint density at radius 1 is 1.35 bits per heavy atom. The molecule has 0 heterocycles. The summed E-state index contributed by atoms with van der Waals surface area (Å²) in [5, 5.41) is 3.15. The van der Waals surface area contributed by atoms with Crippen LogP contribution in [0.15, 0.2) is 18.2 Å². The second-order valence-electron chi connectivity index (χ2n) is 5.73. The number of rotatable bonds is 4. The fraction of sp³-hybridized carbons (Fsp3) is 0.562. The molecule has 0 saturated heterocycles. The van der Waals surface area contributed by atoms with Crippen molar-refractivity contribution in [3.63, 3.8) is 0 Å². The molecular formula is C16H24N2O2. The number of nitrogen functional groups attached to an aromatic ring is 1. The summed E-state index contributed by atoms with van der Waals surface area (Å²) < 4.78 is 5.52. The van der Waals surface area contributed by atoms with Crippen molar-refractivity contribution in [3.05, 3.63) is 23.8 Å². The highest BCUT2D eigenvalue weighted by atomic mass is 16.5. The fourth-order valence-electron chi connectivity index (χ4n) is 2.86. The maximum atomic E-state index is 12.6. The Labute approximate surface area is 120 Å². The molecule has 1 aromatic rings. The quantitative estimate of drug-likeness (QED) is 0.830. The van der Waals surface area contributed by atoms with E-state index < -0.39 is 0 Å². The molecule has 0 spiro atoms. The third-order valence-corrected chi connectivity index (χ3v) is 3.96. The summed E-state index contributed by atoms with van der Waals surface area (Å²) >= 11 is 0. The highest BCUT2D eigenvalue weighted by Gasteiger charge is 2.30. The lowest BCUT2D eigenvalue weighted by Gasteiger charge is -2.34. The molecule has 0 bridgehead atoms. The van der Waals surface area contributed by atoms with Gasteiger partial charge >= 0.3 is 0 Å². The smallest absolute Gasteiger partial charge is 0.257 e. The van der Waals surface area contributed by atoms with Crippen molar-refractivity contribution in [2.45, 2.75) is 51.5 Å². The molecule has 1 aliphatic rings. The molecule has 0 aromatic heterocycles. The minimum absolute atomic E-state index is 0.124. The van der Waals surface area contributed by atoms with Crippen LogP contribution < -0.4 is 15.8 Å². The van der Waals surface area contributed by atoms with Crippen LogP contribution in [0.5, 0.6) is 5.75 Å². The number of anilines is 1. The summed E-state index contributed by atoms with van der Waals surface area (Å²) in [5.41, 5.74) is 6.76. The number of benzene rings is 1. The first kappa shape index (κ1) is 14.7. The van der Waals surface area contributed by atoms with Crippen LogP contribution in [0.2, 0.25) is 0 Å². The van der Waals surface area contributed by atoms with Gasteiger partial charge in [0, 0.05) is 11.2 Å². The Kier molecular flexibility index (Phi) is 4.53. The number of carbonyl (C=O) groups is 1. The zero-order valence-corrected chi connectivity index (χ0v) is 12.4. The molecule has 3 N–H and O–H groups in total. The average Bonchev–Trinajstić information content (AvgIpc) is 2.39. The zero-order valence-electron chi connectivity index (χ0n) is 12.4. The van der Waals surface area contributed by atoms with Gasteiger partial charge in [-0.15, -0.1) is 0 Å². The van der Waals surface area contributed by atoms with Gasteiger partial charge in [0.25, 0.3) is 5.91 Å². The fourth-order valence-corrected chi connectivity index (χ4v) is 2.86. The average molecular weight is 276 g/mol. The van der Waals surface area contributed by atoms with Crippen LogP contribution in [0.1, 0.15) is 56.3 Å². The van der Waals surface area contributed by atoms with Gasteiger partial charge in [0.2, 0.25) is 0 Å². The number of hydrogen-bond donors (Lipinski definition) is 2. The zero-order chi connectivity index (χ0) is 14.6. The number of nitrogens with one attached hydrogen (secondary N) is 1. The van der Waals surface area contributed by atoms with Crippen molar-refractivity contribution in [1.29, 1.82) is 0 Å². The molecule has 0 unspecified atom stereocenters. The molecule has 0 aliphatic heterocycles. The SMILES string of the molecule is CCOc1cccc(N)c1C(=O)NC1(C)CCCCC1. The predicted molar refractivity (Wildman–Crippen MR) is 81.0 cm³/mol. The number of amides is 1. The molecular weight excluding hydrogens is 252 g/mol. The van der Waals surface area contributed by atoms with Crippen LogP contribution in [0.4, 0.5) is 5.69 Å². The van der Waals surface area contributed by atoms with Gasteiger partial charge in [0.1, 0.15) is 11.3 Å². The monoisotopic (exact) mass is 276 g/mol. The summed E-state index contributed by atoms with van der Waals surface area (Å²) in [6.07, 6.45) is 5.63. The van der Waals surface area contributed by atoms with Crippen molar-refractivity contribution in [3.8, 4) is 5.75 Å². The van der Waals surface area contributed by atoms with E-state index in [1.807, 2.05) is 6.92 Å². The summed E-state index contributed by atoms with van der Waals surface area (Å²) in [5.74, 6) is 0.431. The molecule has 1 aromatic carbocycles. The molecule has 1 saturated carbocycles. The Balaban J connectivity index is 2.20.